The molecule has 11 nitrogen and oxygen atoms in total. The number of carboxylic acids is 1. The molecule has 5 N–H and O–H groups in total. The standard InChI is InChI=1S/C34H31N3O8S/c1-20(31(39)35-24-12-14-29(38)27(19-24)34(42)43)46-26-11-7-10-23(18-26)36-33(41)28(37-32(40)21-8-5-4-6-9-21)17-22-16-25(44-2)13-15-30(22)45-3/h4-20,38H,1-3H3,(H,35,39)(H,36,41)(H,37,40)(H,42,43)/b28-17+. The van der Waals surface area contributed by atoms with E-state index >= 15 is 0 Å². The number of nitrogens with one attached hydrogen (secondary N) is 3. The maximum Gasteiger partial charge on any atom is 0.339 e. The number of aromatic carboxylic acids is 1. The third-order valence-corrected chi connectivity index (χ3v) is 7.63. The van der Waals surface area contributed by atoms with Gasteiger partial charge in [0.05, 0.1) is 19.5 Å². The second-order valence-electron chi connectivity index (χ2n) is 9.75. The van der Waals surface area contributed by atoms with E-state index in [1.54, 1.807) is 79.7 Å². The number of carbonyl (C=O) groups excluding carboxylic acids is 3. The number of phenols is 1. The van der Waals surface area contributed by atoms with E-state index in [2.05, 4.69) is 16.0 Å². The molecule has 0 radical (unpaired) electrons. The molecule has 1 unspecified atom stereocenters. The van der Waals surface area contributed by atoms with Crippen LogP contribution in [0.5, 0.6) is 17.2 Å². The summed E-state index contributed by atoms with van der Waals surface area (Å²) < 4.78 is 10.8. The number of aromatic hydroxyl groups is 1. The summed E-state index contributed by atoms with van der Waals surface area (Å²) in [6.45, 7) is 1.67. The summed E-state index contributed by atoms with van der Waals surface area (Å²) in [6, 6.07) is 24.1. The highest BCUT2D eigenvalue weighted by atomic mass is 32.2. The first-order valence-corrected chi connectivity index (χ1v) is 14.7. The van der Waals surface area contributed by atoms with Crippen LogP contribution < -0.4 is 25.4 Å². The van der Waals surface area contributed by atoms with Crippen molar-refractivity contribution in [2.24, 2.45) is 0 Å². The number of benzene rings is 4. The second-order valence-corrected chi connectivity index (χ2v) is 11.2. The van der Waals surface area contributed by atoms with Crippen molar-refractivity contribution in [3.8, 4) is 17.2 Å². The molecule has 1 atom stereocenters. The molecule has 0 aromatic heterocycles. The lowest BCUT2D eigenvalue weighted by atomic mass is 10.1. The summed E-state index contributed by atoms with van der Waals surface area (Å²) in [6.07, 6.45) is 1.49. The summed E-state index contributed by atoms with van der Waals surface area (Å²) in [5.74, 6) is -2.25. The van der Waals surface area contributed by atoms with E-state index in [1.807, 2.05) is 0 Å². The van der Waals surface area contributed by atoms with Crippen LogP contribution in [0.3, 0.4) is 0 Å². The molecule has 0 spiro atoms. The average molecular weight is 642 g/mol. The molecule has 0 saturated carbocycles. The van der Waals surface area contributed by atoms with Gasteiger partial charge < -0.3 is 35.6 Å². The Morgan fingerprint density at radius 3 is 2.26 bits per heavy atom. The Morgan fingerprint density at radius 1 is 0.826 bits per heavy atom. The molecule has 0 bridgehead atoms. The van der Waals surface area contributed by atoms with E-state index in [0.29, 0.717) is 33.2 Å². The van der Waals surface area contributed by atoms with E-state index in [9.17, 15) is 29.4 Å². The molecule has 0 aliphatic rings. The summed E-state index contributed by atoms with van der Waals surface area (Å²) >= 11 is 1.21. The molecule has 0 heterocycles. The minimum absolute atomic E-state index is 0.0548. The number of thioether (sulfide) groups is 1. The number of amides is 3. The van der Waals surface area contributed by atoms with Crippen molar-refractivity contribution in [1.82, 2.24) is 5.32 Å². The van der Waals surface area contributed by atoms with E-state index in [0.717, 1.165) is 0 Å². The molecule has 4 aromatic carbocycles. The highest BCUT2D eigenvalue weighted by Crippen LogP contribution is 2.29. The number of anilines is 2. The van der Waals surface area contributed by atoms with Crippen LogP contribution in [-0.2, 0) is 9.59 Å². The maximum atomic E-state index is 13.6. The van der Waals surface area contributed by atoms with E-state index in [4.69, 9.17) is 9.47 Å². The molecule has 12 heteroatoms. The smallest absolute Gasteiger partial charge is 0.339 e. The van der Waals surface area contributed by atoms with Gasteiger partial charge in [-0.05, 0) is 79.7 Å². The Bertz CT molecular complexity index is 1790. The Morgan fingerprint density at radius 2 is 1.57 bits per heavy atom. The lowest BCUT2D eigenvalue weighted by Gasteiger charge is -2.15. The molecule has 0 aliphatic carbocycles. The molecule has 0 fully saturated rings. The number of carbonyl (C=O) groups is 4. The Balaban J connectivity index is 1.53. The number of rotatable bonds is 12. The highest BCUT2D eigenvalue weighted by Gasteiger charge is 2.19. The number of carboxylic acid groups (broad SMARTS) is 1. The predicted octanol–water partition coefficient (Wildman–Crippen LogP) is 5.64. The molecule has 4 rings (SSSR count). The second kappa shape index (κ2) is 15.3. The molecular formula is C34H31N3O8S. The zero-order valence-corrected chi connectivity index (χ0v) is 25.9. The van der Waals surface area contributed by atoms with Gasteiger partial charge in [-0.25, -0.2) is 4.79 Å². The Labute approximate surface area is 269 Å². The fourth-order valence-electron chi connectivity index (χ4n) is 4.18. The fraction of sp³-hybridized carbons (Fsp3) is 0.118. The summed E-state index contributed by atoms with van der Waals surface area (Å²) in [4.78, 5) is 51.4. The van der Waals surface area contributed by atoms with Gasteiger partial charge in [0.15, 0.2) is 0 Å². The Kier molecular flexibility index (Phi) is 11.0. The maximum absolute atomic E-state index is 13.6. The lowest BCUT2D eigenvalue weighted by molar-refractivity contribution is -0.115. The summed E-state index contributed by atoms with van der Waals surface area (Å²) in [7, 11) is 3.00. The molecule has 0 saturated heterocycles. The molecule has 0 aliphatic heterocycles. The first kappa shape index (κ1) is 33.1. The van der Waals surface area contributed by atoms with Crippen molar-refractivity contribution < 1.29 is 38.9 Å². The normalized spacial score (nSPS) is 11.6. The topological polar surface area (TPSA) is 163 Å². The van der Waals surface area contributed by atoms with Gasteiger partial charge in [-0.15, -0.1) is 11.8 Å². The van der Waals surface area contributed by atoms with Crippen molar-refractivity contribution in [1.29, 1.82) is 0 Å². The van der Waals surface area contributed by atoms with Crippen LogP contribution in [-0.4, -0.2) is 53.4 Å². The number of hydrogen-bond donors (Lipinski definition) is 5. The van der Waals surface area contributed by atoms with Crippen molar-refractivity contribution in [2.45, 2.75) is 17.1 Å². The van der Waals surface area contributed by atoms with E-state index < -0.39 is 34.7 Å². The van der Waals surface area contributed by atoms with Crippen molar-refractivity contribution >= 4 is 52.9 Å². The third kappa shape index (κ3) is 8.67. The lowest BCUT2D eigenvalue weighted by Crippen LogP contribution is -2.30. The predicted molar refractivity (Wildman–Crippen MR) is 176 cm³/mol. The van der Waals surface area contributed by atoms with E-state index in [1.165, 1.54) is 50.3 Å². The van der Waals surface area contributed by atoms with Crippen LogP contribution in [0.15, 0.2) is 102 Å². The summed E-state index contributed by atoms with van der Waals surface area (Å²) in [5, 5.41) is 26.5. The van der Waals surface area contributed by atoms with Crippen LogP contribution in [0.25, 0.3) is 6.08 Å². The van der Waals surface area contributed by atoms with Crippen molar-refractivity contribution in [3.05, 3.63) is 113 Å². The van der Waals surface area contributed by atoms with Gasteiger partial charge in [0.1, 0.15) is 28.5 Å². The number of hydrogen-bond acceptors (Lipinski definition) is 8. The fourth-order valence-corrected chi connectivity index (χ4v) is 5.11. The molecule has 4 aromatic rings. The van der Waals surface area contributed by atoms with Gasteiger partial charge in [0.2, 0.25) is 5.91 Å². The molecule has 3 amide bonds. The van der Waals surface area contributed by atoms with Gasteiger partial charge in [-0.3, -0.25) is 14.4 Å². The third-order valence-electron chi connectivity index (χ3n) is 6.53. The van der Waals surface area contributed by atoms with Crippen LogP contribution in [0.1, 0.15) is 33.2 Å². The minimum atomic E-state index is -1.32. The zero-order chi connectivity index (χ0) is 33.2. The number of methoxy groups -OCH3 is 2. The average Bonchev–Trinajstić information content (AvgIpc) is 3.05. The van der Waals surface area contributed by atoms with Crippen LogP contribution in [0, 0.1) is 0 Å². The highest BCUT2D eigenvalue weighted by molar-refractivity contribution is 8.00. The van der Waals surface area contributed by atoms with Gasteiger partial charge in [0, 0.05) is 27.4 Å². The van der Waals surface area contributed by atoms with Crippen LogP contribution >= 0.6 is 11.8 Å². The van der Waals surface area contributed by atoms with Gasteiger partial charge in [-0.1, -0.05) is 24.3 Å². The van der Waals surface area contributed by atoms with Gasteiger partial charge >= 0.3 is 5.97 Å². The SMILES string of the molecule is COc1ccc(OC)c(/C=C(/NC(=O)c2ccccc2)C(=O)Nc2cccc(SC(C)C(=O)Nc3ccc(O)c(C(=O)O)c3)c2)c1. The minimum Gasteiger partial charge on any atom is -0.507 e. The summed E-state index contributed by atoms with van der Waals surface area (Å²) in [5.41, 5.74) is 1.09. The first-order valence-electron chi connectivity index (χ1n) is 13.8. The van der Waals surface area contributed by atoms with E-state index in [-0.39, 0.29) is 16.9 Å². The molecular weight excluding hydrogens is 610 g/mol. The van der Waals surface area contributed by atoms with Gasteiger partial charge in [0.25, 0.3) is 11.8 Å². The monoisotopic (exact) mass is 641 g/mol. The van der Waals surface area contributed by atoms with Crippen molar-refractivity contribution in [3.63, 3.8) is 0 Å². The van der Waals surface area contributed by atoms with Crippen LogP contribution in [0.2, 0.25) is 0 Å². The number of ether oxygens (including phenoxy) is 2. The zero-order valence-electron chi connectivity index (χ0n) is 25.1. The first-order chi connectivity index (χ1) is 22.1. The molecule has 236 valence electrons. The Hall–Kier alpha value is -5.75. The molecule has 46 heavy (non-hydrogen) atoms. The quantitative estimate of drug-likeness (QED) is 0.0749. The van der Waals surface area contributed by atoms with Crippen molar-refractivity contribution in [2.75, 3.05) is 24.9 Å². The largest absolute Gasteiger partial charge is 0.507 e. The van der Waals surface area contributed by atoms with Gasteiger partial charge in [-0.2, -0.15) is 0 Å². The van der Waals surface area contributed by atoms with Crippen LogP contribution in [0.4, 0.5) is 11.4 Å².